The van der Waals surface area contributed by atoms with Gasteiger partial charge in [-0.05, 0) is 58.2 Å². The zero-order chi connectivity index (χ0) is 21.0. The molecule has 0 bridgehead atoms. The number of carbonyl (C=O) groups excluding carboxylic acids is 1. The van der Waals surface area contributed by atoms with Crippen LogP contribution in [0, 0.1) is 18.3 Å². The van der Waals surface area contributed by atoms with Gasteiger partial charge in [-0.15, -0.1) is 0 Å². The van der Waals surface area contributed by atoms with Crippen molar-refractivity contribution in [3.63, 3.8) is 0 Å². The number of halogens is 1. The lowest BCUT2D eigenvalue weighted by Crippen LogP contribution is -2.48. The Morgan fingerprint density at radius 1 is 1.41 bits per heavy atom. The first-order chi connectivity index (χ1) is 13.8. The number of amides is 1. The molecule has 2 heterocycles. The predicted molar refractivity (Wildman–Crippen MR) is 114 cm³/mol. The van der Waals surface area contributed by atoms with Gasteiger partial charge in [-0.25, -0.2) is 0 Å². The van der Waals surface area contributed by atoms with Crippen LogP contribution in [0.3, 0.4) is 0 Å². The number of nitriles is 1. The number of aryl methyl sites for hydroxylation is 2. The summed E-state index contributed by atoms with van der Waals surface area (Å²) in [7, 11) is 0. The third kappa shape index (κ3) is 5.37. The molecule has 0 aliphatic carbocycles. The van der Waals surface area contributed by atoms with Crippen LogP contribution in [-0.2, 0) is 11.3 Å². The molecule has 1 aliphatic heterocycles. The second kappa shape index (κ2) is 8.98. The van der Waals surface area contributed by atoms with Gasteiger partial charge in [0.15, 0.2) is 0 Å². The average Bonchev–Trinajstić information content (AvgIpc) is 3.31. The minimum Gasteiger partial charge on any atom is -0.326 e. The van der Waals surface area contributed by atoms with E-state index in [0.717, 1.165) is 42.8 Å². The molecule has 1 saturated heterocycles. The van der Waals surface area contributed by atoms with E-state index in [1.165, 1.54) is 0 Å². The first-order valence-corrected chi connectivity index (χ1v) is 10.4. The fourth-order valence-corrected chi connectivity index (χ4v) is 3.81. The normalized spacial score (nSPS) is 16.8. The molecule has 0 spiro atoms. The van der Waals surface area contributed by atoms with Crippen molar-refractivity contribution in [1.82, 2.24) is 20.0 Å². The van der Waals surface area contributed by atoms with Gasteiger partial charge in [-0.3, -0.25) is 9.48 Å². The van der Waals surface area contributed by atoms with Crippen LogP contribution < -0.4 is 5.32 Å². The molecule has 29 heavy (non-hydrogen) atoms. The highest BCUT2D eigenvalue weighted by Gasteiger charge is 2.29. The molecule has 154 valence electrons. The van der Waals surface area contributed by atoms with Crippen molar-refractivity contribution in [3.8, 4) is 17.3 Å². The highest BCUT2D eigenvalue weighted by Crippen LogP contribution is 2.23. The summed E-state index contributed by atoms with van der Waals surface area (Å²) >= 11 is 6.10. The predicted octanol–water partition coefficient (Wildman–Crippen LogP) is 3.78. The van der Waals surface area contributed by atoms with Gasteiger partial charge in [-0.1, -0.05) is 23.7 Å². The summed E-state index contributed by atoms with van der Waals surface area (Å²) < 4.78 is 1.99. The molecule has 1 aromatic carbocycles. The van der Waals surface area contributed by atoms with E-state index in [9.17, 15) is 4.79 Å². The number of carbonyl (C=O) groups is 1. The van der Waals surface area contributed by atoms with Crippen LogP contribution in [0.15, 0.2) is 30.3 Å². The Labute approximate surface area is 177 Å². The number of hydrogen-bond donors (Lipinski definition) is 1. The molecule has 2 aromatic rings. The summed E-state index contributed by atoms with van der Waals surface area (Å²) in [4.78, 5) is 14.2. The first kappa shape index (κ1) is 21.4. The van der Waals surface area contributed by atoms with Crippen molar-refractivity contribution in [3.05, 3.63) is 41.0 Å². The molecule has 6 nitrogen and oxygen atoms in total. The maximum atomic E-state index is 12.5. The highest BCUT2D eigenvalue weighted by atomic mass is 35.5. The van der Waals surface area contributed by atoms with Gasteiger partial charge in [0.25, 0.3) is 0 Å². The number of benzene rings is 1. The minimum atomic E-state index is -0.274. The molecule has 1 N–H and O–H groups in total. The largest absolute Gasteiger partial charge is 0.326 e. The van der Waals surface area contributed by atoms with Crippen LogP contribution in [0.2, 0.25) is 5.02 Å². The Morgan fingerprint density at radius 2 is 2.21 bits per heavy atom. The smallest absolute Gasteiger partial charge is 0.237 e. The molecular formula is C22H28ClN5O. The van der Waals surface area contributed by atoms with E-state index >= 15 is 0 Å². The molecule has 0 radical (unpaired) electrons. The average molecular weight is 414 g/mol. The lowest BCUT2D eigenvalue weighted by Gasteiger charge is -2.28. The van der Waals surface area contributed by atoms with E-state index in [1.807, 2.05) is 35.9 Å². The molecule has 1 aliphatic rings. The molecule has 1 fully saturated rings. The summed E-state index contributed by atoms with van der Waals surface area (Å²) in [6.45, 7) is 7.88. The van der Waals surface area contributed by atoms with Crippen LogP contribution in [-0.4, -0.2) is 45.3 Å². The fraction of sp³-hybridized carbons (Fsp3) is 0.500. The summed E-state index contributed by atoms with van der Waals surface area (Å²) in [6, 6.07) is 11.7. The molecule has 3 rings (SSSR count). The molecule has 1 aromatic heterocycles. The van der Waals surface area contributed by atoms with Crippen molar-refractivity contribution >= 4 is 17.5 Å². The van der Waals surface area contributed by atoms with Crippen LogP contribution in [0.4, 0.5) is 0 Å². The van der Waals surface area contributed by atoms with E-state index < -0.39 is 0 Å². The number of aromatic nitrogens is 2. The quantitative estimate of drug-likeness (QED) is 0.749. The fourth-order valence-electron chi connectivity index (χ4n) is 3.62. The van der Waals surface area contributed by atoms with Gasteiger partial charge in [0, 0.05) is 34.9 Å². The Hall–Kier alpha value is -2.36. The standard InChI is InChI=1S/C22H28ClN5O/c1-16-12-20(17-6-4-7-18(23)13-17)26-28(16)11-9-22(2,3)25-15-21(29)27-10-5-8-19(27)14-24/h4,6-7,12-13,19,25H,5,8-11,15H2,1-3H3/t19-/m0/s1. The molecule has 0 unspecified atom stereocenters. The monoisotopic (exact) mass is 413 g/mol. The Kier molecular flexibility index (Phi) is 6.61. The van der Waals surface area contributed by atoms with Crippen LogP contribution >= 0.6 is 11.6 Å². The van der Waals surface area contributed by atoms with Crippen molar-refractivity contribution < 1.29 is 4.79 Å². The second-order valence-corrected chi connectivity index (χ2v) is 8.70. The van der Waals surface area contributed by atoms with E-state index in [0.29, 0.717) is 11.6 Å². The Bertz CT molecular complexity index is 914. The number of rotatable bonds is 7. The van der Waals surface area contributed by atoms with Crippen LogP contribution in [0.1, 0.15) is 38.8 Å². The summed E-state index contributed by atoms with van der Waals surface area (Å²) in [5.74, 6) is 0.000590. The lowest BCUT2D eigenvalue weighted by atomic mass is 10.0. The zero-order valence-corrected chi connectivity index (χ0v) is 18.0. The zero-order valence-electron chi connectivity index (χ0n) is 17.3. The molecule has 1 atom stereocenters. The van der Waals surface area contributed by atoms with Gasteiger partial charge in [0.1, 0.15) is 6.04 Å². The van der Waals surface area contributed by atoms with E-state index in [1.54, 1.807) is 4.90 Å². The molecule has 7 heteroatoms. The topological polar surface area (TPSA) is 74.0 Å². The number of nitrogens with one attached hydrogen (secondary N) is 1. The third-order valence-electron chi connectivity index (χ3n) is 5.49. The first-order valence-electron chi connectivity index (χ1n) is 10.0. The van der Waals surface area contributed by atoms with Gasteiger partial charge in [0.2, 0.25) is 5.91 Å². The summed E-state index contributed by atoms with van der Waals surface area (Å²) in [5, 5.41) is 17.9. The van der Waals surface area contributed by atoms with Crippen molar-refractivity contribution in [1.29, 1.82) is 5.26 Å². The van der Waals surface area contributed by atoms with Crippen molar-refractivity contribution in [2.24, 2.45) is 0 Å². The van der Waals surface area contributed by atoms with E-state index in [4.69, 9.17) is 22.0 Å². The molecule has 1 amide bonds. The van der Waals surface area contributed by atoms with E-state index in [2.05, 4.69) is 31.3 Å². The van der Waals surface area contributed by atoms with Crippen molar-refractivity contribution in [2.75, 3.05) is 13.1 Å². The van der Waals surface area contributed by atoms with E-state index in [-0.39, 0.29) is 24.0 Å². The van der Waals surface area contributed by atoms with Gasteiger partial charge in [0.05, 0.1) is 18.3 Å². The Balaban J connectivity index is 1.56. The SMILES string of the molecule is Cc1cc(-c2cccc(Cl)c2)nn1CCC(C)(C)NCC(=O)N1CCC[C@H]1C#N. The van der Waals surface area contributed by atoms with Gasteiger partial charge < -0.3 is 10.2 Å². The second-order valence-electron chi connectivity index (χ2n) is 8.27. The molecule has 0 saturated carbocycles. The number of likely N-dealkylation sites (tertiary alicyclic amines) is 1. The third-order valence-corrected chi connectivity index (χ3v) is 5.73. The maximum Gasteiger partial charge on any atom is 0.237 e. The maximum absolute atomic E-state index is 12.5. The van der Waals surface area contributed by atoms with Crippen molar-refractivity contribution in [2.45, 2.75) is 58.2 Å². The van der Waals surface area contributed by atoms with Gasteiger partial charge in [-0.2, -0.15) is 10.4 Å². The van der Waals surface area contributed by atoms with Crippen LogP contribution in [0.5, 0.6) is 0 Å². The minimum absolute atomic E-state index is 0.000590. The number of nitrogens with zero attached hydrogens (tertiary/aromatic N) is 4. The Morgan fingerprint density at radius 3 is 2.93 bits per heavy atom. The lowest BCUT2D eigenvalue weighted by molar-refractivity contribution is -0.130. The molecular weight excluding hydrogens is 386 g/mol. The number of hydrogen-bond acceptors (Lipinski definition) is 4. The van der Waals surface area contributed by atoms with Gasteiger partial charge >= 0.3 is 0 Å². The summed E-state index contributed by atoms with van der Waals surface area (Å²) in [5.41, 5.74) is 2.76. The highest BCUT2D eigenvalue weighted by molar-refractivity contribution is 6.30. The van der Waals surface area contributed by atoms with Crippen LogP contribution in [0.25, 0.3) is 11.3 Å². The summed E-state index contributed by atoms with van der Waals surface area (Å²) in [6.07, 6.45) is 2.50.